The van der Waals surface area contributed by atoms with Crippen LogP contribution >= 0.6 is 0 Å². The molecule has 114 valence electrons. The number of para-hydroxylation sites is 1. The molecule has 0 radical (unpaired) electrons. The summed E-state index contributed by atoms with van der Waals surface area (Å²) < 4.78 is 0. The van der Waals surface area contributed by atoms with Crippen molar-refractivity contribution in [1.29, 1.82) is 0 Å². The molecule has 1 unspecified atom stereocenters. The summed E-state index contributed by atoms with van der Waals surface area (Å²) >= 11 is 0. The van der Waals surface area contributed by atoms with Gasteiger partial charge in [-0.2, -0.15) is 0 Å². The van der Waals surface area contributed by atoms with Crippen molar-refractivity contribution < 1.29 is 4.79 Å². The van der Waals surface area contributed by atoms with Gasteiger partial charge in [0.15, 0.2) is 0 Å². The largest absolute Gasteiger partial charge is 0.357 e. The first-order chi connectivity index (χ1) is 9.76. The molecule has 1 amide bonds. The highest BCUT2D eigenvalue weighted by Crippen LogP contribution is 2.29. The Labute approximate surface area is 127 Å². The number of anilines is 1. The Morgan fingerprint density at radius 1 is 1.29 bits per heavy atom. The van der Waals surface area contributed by atoms with Crippen molar-refractivity contribution in [2.24, 2.45) is 11.3 Å². The van der Waals surface area contributed by atoms with Gasteiger partial charge >= 0.3 is 0 Å². The number of carbonyl (C=O) groups excluding carboxylic acids is 1. The molecule has 0 fully saturated rings. The van der Waals surface area contributed by atoms with Gasteiger partial charge in [0.1, 0.15) is 0 Å². The number of aromatic nitrogens is 1. The maximum atomic E-state index is 12.3. The van der Waals surface area contributed by atoms with Crippen LogP contribution in [0.4, 0.5) is 5.69 Å². The first-order valence-electron chi connectivity index (χ1n) is 7.63. The van der Waals surface area contributed by atoms with Crippen molar-refractivity contribution in [3.8, 4) is 0 Å². The fraction of sp³-hybridized carbons (Fsp3) is 0.500. The highest BCUT2D eigenvalue weighted by molar-refractivity contribution is 6.03. The van der Waals surface area contributed by atoms with Crippen molar-refractivity contribution in [2.75, 3.05) is 5.32 Å². The van der Waals surface area contributed by atoms with Crippen molar-refractivity contribution in [3.05, 3.63) is 30.0 Å². The van der Waals surface area contributed by atoms with E-state index >= 15 is 0 Å². The Morgan fingerprint density at radius 3 is 2.62 bits per heavy atom. The number of amides is 1. The van der Waals surface area contributed by atoms with E-state index in [1.165, 1.54) is 0 Å². The zero-order valence-corrected chi connectivity index (χ0v) is 13.7. The van der Waals surface area contributed by atoms with Gasteiger partial charge in [0.2, 0.25) is 5.91 Å². The number of fused-ring (bicyclic) bond motifs is 1. The first kappa shape index (κ1) is 15.6. The van der Waals surface area contributed by atoms with E-state index in [1.54, 1.807) is 0 Å². The summed E-state index contributed by atoms with van der Waals surface area (Å²) in [4.78, 5) is 15.6. The van der Waals surface area contributed by atoms with Crippen molar-refractivity contribution in [1.82, 2.24) is 4.98 Å². The van der Waals surface area contributed by atoms with Crippen molar-refractivity contribution >= 4 is 22.5 Å². The lowest BCUT2D eigenvalue weighted by Gasteiger charge is -2.22. The molecule has 2 N–H and O–H groups in total. The van der Waals surface area contributed by atoms with Gasteiger partial charge < -0.3 is 10.3 Å². The summed E-state index contributed by atoms with van der Waals surface area (Å²) in [6.45, 7) is 10.8. The molecule has 2 aromatic rings. The van der Waals surface area contributed by atoms with Crippen LogP contribution in [-0.2, 0) is 4.79 Å². The minimum Gasteiger partial charge on any atom is -0.357 e. The maximum absolute atomic E-state index is 12.3. The van der Waals surface area contributed by atoms with Gasteiger partial charge in [-0.3, -0.25) is 4.79 Å². The third-order valence-corrected chi connectivity index (χ3v) is 3.65. The Kier molecular flexibility index (Phi) is 4.40. The number of nitrogens with one attached hydrogen (secondary N) is 2. The van der Waals surface area contributed by atoms with Crippen LogP contribution in [0.15, 0.2) is 24.3 Å². The SMILES string of the molecule is Cc1[nH]c2ccccc2c1NC(=O)CC(C)CC(C)(C)C. The first-order valence-corrected chi connectivity index (χ1v) is 7.63. The number of benzene rings is 1. The van der Waals surface area contributed by atoms with Crippen LogP contribution in [0, 0.1) is 18.3 Å². The molecule has 1 atom stereocenters. The average molecular weight is 286 g/mol. The molecule has 3 nitrogen and oxygen atoms in total. The Balaban J connectivity index is 2.06. The number of hydrogen-bond donors (Lipinski definition) is 2. The molecule has 3 heteroatoms. The zero-order valence-electron chi connectivity index (χ0n) is 13.7. The molecule has 0 aliphatic carbocycles. The van der Waals surface area contributed by atoms with Gasteiger partial charge in [-0.1, -0.05) is 45.9 Å². The number of carbonyl (C=O) groups is 1. The molecule has 1 heterocycles. The fourth-order valence-electron chi connectivity index (χ4n) is 3.06. The molecule has 0 saturated heterocycles. The number of aryl methyl sites for hydroxylation is 1. The van der Waals surface area contributed by atoms with E-state index in [9.17, 15) is 4.79 Å². The topological polar surface area (TPSA) is 44.9 Å². The highest BCUT2D eigenvalue weighted by Gasteiger charge is 2.19. The summed E-state index contributed by atoms with van der Waals surface area (Å²) in [5.74, 6) is 0.482. The number of aromatic amines is 1. The van der Waals surface area contributed by atoms with Crippen LogP contribution in [0.2, 0.25) is 0 Å². The predicted octanol–water partition coefficient (Wildman–Crippen LogP) is 4.88. The van der Waals surface area contributed by atoms with E-state index in [4.69, 9.17) is 0 Å². The lowest BCUT2D eigenvalue weighted by Crippen LogP contribution is -2.19. The summed E-state index contributed by atoms with van der Waals surface area (Å²) in [5.41, 5.74) is 3.25. The predicted molar refractivity (Wildman–Crippen MR) is 89.5 cm³/mol. The number of H-pyrrole nitrogens is 1. The van der Waals surface area contributed by atoms with Crippen LogP contribution in [-0.4, -0.2) is 10.9 Å². The molecular weight excluding hydrogens is 260 g/mol. The van der Waals surface area contributed by atoms with E-state index in [2.05, 4.69) is 38.0 Å². The molecule has 21 heavy (non-hydrogen) atoms. The van der Waals surface area contributed by atoms with Crippen molar-refractivity contribution in [2.45, 2.75) is 47.5 Å². The van der Waals surface area contributed by atoms with Crippen LogP contribution in [0.25, 0.3) is 10.9 Å². The van der Waals surface area contributed by atoms with E-state index in [-0.39, 0.29) is 11.3 Å². The lowest BCUT2D eigenvalue weighted by atomic mass is 9.84. The normalized spacial score (nSPS) is 13.4. The number of hydrogen-bond acceptors (Lipinski definition) is 1. The summed E-state index contributed by atoms with van der Waals surface area (Å²) in [6.07, 6.45) is 1.61. The van der Waals surface area contributed by atoms with Gasteiger partial charge in [0, 0.05) is 23.0 Å². The quantitative estimate of drug-likeness (QED) is 0.827. The Morgan fingerprint density at radius 2 is 1.95 bits per heavy atom. The zero-order chi connectivity index (χ0) is 15.6. The monoisotopic (exact) mass is 286 g/mol. The summed E-state index contributed by atoms with van der Waals surface area (Å²) in [5, 5.41) is 4.16. The molecule has 2 rings (SSSR count). The maximum Gasteiger partial charge on any atom is 0.224 e. The second-order valence-corrected chi connectivity index (χ2v) is 7.29. The minimum absolute atomic E-state index is 0.0969. The van der Waals surface area contributed by atoms with Gasteiger partial charge in [-0.15, -0.1) is 0 Å². The third-order valence-electron chi connectivity index (χ3n) is 3.65. The van der Waals surface area contributed by atoms with Crippen LogP contribution in [0.5, 0.6) is 0 Å². The van der Waals surface area contributed by atoms with Gasteiger partial charge in [-0.25, -0.2) is 0 Å². The minimum atomic E-state index is 0.0969. The summed E-state index contributed by atoms with van der Waals surface area (Å²) in [7, 11) is 0. The van der Waals surface area contributed by atoms with E-state index in [0.717, 1.165) is 28.7 Å². The van der Waals surface area contributed by atoms with Crippen LogP contribution in [0.3, 0.4) is 0 Å². The number of rotatable bonds is 4. The van der Waals surface area contributed by atoms with Crippen molar-refractivity contribution in [3.63, 3.8) is 0 Å². The molecule has 0 aliphatic rings. The van der Waals surface area contributed by atoms with Gasteiger partial charge in [0.25, 0.3) is 0 Å². The molecule has 1 aromatic carbocycles. The Bertz CT molecular complexity index is 634. The average Bonchev–Trinajstić information content (AvgIpc) is 2.63. The van der Waals surface area contributed by atoms with E-state index in [1.807, 2.05) is 31.2 Å². The molecule has 0 bridgehead atoms. The second kappa shape index (κ2) is 5.92. The highest BCUT2D eigenvalue weighted by atomic mass is 16.1. The fourth-order valence-corrected chi connectivity index (χ4v) is 3.06. The van der Waals surface area contributed by atoms with Gasteiger partial charge in [0.05, 0.1) is 5.69 Å². The Hall–Kier alpha value is -1.77. The summed E-state index contributed by atoms with van der Waals surface area (Å²) in [6, 6.07) is 8.05. The standard InChI is InChI=1S/C18H26N2O/c1-12(11-18(3,4)5)10-16(21)20-17-13(2)19-15-9-7-6-8-14(15)17/h6-9,12,19H,10-11H2,1-5H3,(H,20,21). The van der Waals surface area contributed by atoms with Crippen LogP contribution in [0.1, 0.15) is 46.2 Å². The van der Waals surface area contributed by atoms with Gasteiger partial charge in [-0.05, 0) is 30.7 Å². The van der Waals surface area contributed by atoms with E-state index < -0.39 is 0 Å². The smallest absolute Gasteiger partial charge is 0.224 e. The van der Waals surface area contributed by atoms with Crippen LogP contribution < -0.4 is 5.32 Å². The molecule has 0 aliphatic heterocycles. The second-order valence-electron chi connectivity index (χ2n) is 7.29. The molecule has 0 saturated carbocycles. The molecule has 0 spiro atoms. The molecular formula is C18H26N2O. The lowest BCUT2D eigenvalue weighted by molar-refractivity contribution is -0.117. The van der Waals surface area contributed by atoms with E-state index in [0.29, 0.717) is 12.3 Å². The third kappa shape index (κ3) is 4.10. The molecule has 1 aromatic heterocycles.